The fourth-order valence-corrected chi connectivity index (χ4v) is 2.79. The first-order chi connectivity index (χ1) is 7.84. The summed E-state index contributed by atoms with van der Waals surface area (Å²) in [7, 11) is 1.24. The highest BCUT2D eigenvalue weighted by atomic mass is 19.4. The number of nitrogens with zero attached hydrogens (tertiary/aromatic N) is 1. The van der Waals surface area contributed by atoms with Crippen molar-refractivity contribution in [1.82, 2.24) is 10.2 Å². The molecule has 1 heterocycles. The number of carbonyl (C=O) groups is 1. The number of nitrogens with one attached hydrogen (secondary N) is 1. The van der Waals surface area contributed by atoms with Crippen LogP contribution in [0.3, 0.4) is 0 Å². The molecule has 0 radical (unpaired) electrons. The standard InChI is InChI=1S/C11H17F3N2O/c1-16(7-11(12,13)14)9(17)8-6-10(8)2-4-15-5-3-10/h8,15H,2-7H2,1H3/t8-/m1/s1. The summed E-state index contributed by atoms with van der Waals surface area (Å²) in [5.74, 6) is -0.527. The molecule has 1 saturated heterocycles. The number of carbonyl (C=O) groups excluding carboxylic acids is 1. The number of piperidine rings is 1. The monoisotopic (exact) mass is 250 g/mol. The molecular weight excluding hydrogens is 233 g/mol. The highest BCUT2D eigenvalue weighted by Gasteiger charge is 2.58. The van der Waals surface area contributed by atoms with Gasteiger partial charge in [0.1, 0.15) is 6.54 Å². The van der Waals surface area contributed by atoms with Crippen molar-refractivity contribution in [3.8, 4) is 0 Å². The van der Waals surface area contributed by atoms with Gasteiger partial charge in [-0.25, -0.2) is 0 Å². The molecule has 1 atom stereocenters. The third-order valence-corrected chi connectivity index (χ3v) is 3.88. The van der Waals surface area contributed by atoms with Gasteiger partial charge in [0.05, 0.1) is 0 Å². The Labute approximate surface area is 98.3 Å². The molecule has 1 aliphatic heterocycles. The van der Waals surface area contributed by atoms with E-state index in [-0.39, 0.29) is 17.2 Å². The Hall–Kier alpha value is -0.780. The van der Waals surface area contributed by atoms with Gasteiger partial charge in [0.25, 0.3) is 0 Å². The fraction of sp³-hybridized carbons (Fsp3) is 0.909. The maximum atomic E-state index is 12.2. The maximum Gasteiger partial charge on any atom is 0.406 e. The number of hydrogen-bond acceptors (Lipinski definition) is 2. The molecule has 2 rings (SSSR count). The van der Waals surface area contributed by atoms with Crippen LogP contribution in [0.15, 0.2) is 0 Å². The van der Waals surface area contributed by atoms with Crippen LogP contribution in [0.25, 0.3) is 0 Å². The number of halogens is 3. The summed E-state index contributed by atoms with van der Waals surface area (Å²) in [6, 6.07) is 0. The minimum atomic E-state index is -4.30. The first-order valence-electron chi connectivity index (χ1n) is 5.87. The molecule has 1 N–H and O–H groups in total. The van der Waals surface area contributed by atoms with Gasteiger partial charge in [-0.05, 0) is 37.8 Å². The van der Waals surface area contributed by atoms with Crippen LogP contribution < -0.4 is 5.32 Å². The summed E-state index contributed by atoms with van der Waals surface area (Å²) in [6.45, 7) is 0.593. The summed E-state index contributed by atoms with van der Waals surface area (Å²) in [5.41, 5.74) is 0.00217. The minimum Gasteiger partial charge on any atom is -0.336 e. The lowest BCUT2D eigenvalue weighted by Crippen LogP contribution is -2.39. The van der Waals surface area contributed by atoms with Crippen molar-refractivity contribution >= 4 is 5.91 Å². The van der Waals surface area contributed by atoms with E-state index < -0.39 is 12.7 Å². The normalized spacial score (nSPS) is 26.9. The van der Waals surface area contributed by atoms with Gasteiger partial charge in [0, 0.05) is 13.0 Å². The summed E-state index contributed by atoms with van der Waals surface area (Å²) in [4.78, 5) is 12.7. The second kappa shape index (κ2) is 4.15. The van der Waals surface area contributed by atoms with Crippen molar-refractivity contribution in [2.45, 2.75) is 25.4 Å². The van der Waals surface area contributed by atoms with E-state index in [0.717, 1.165) is 37.3 Å². The zero-order valence-electron chi connectivity index (χ0n) is 9.81. The van der Waals surface area contributed by atoms with Gasteiger partial charge >= 0.3 is 6.18 Å². The van der Waals surface area contributed by atoms with Gasteiger partial charge in [-0.1, -0.05) is 0 Å². The van der Waals surface area contributed by atoms with Gasteiger partial charge in [-0.2, -0.15) is 13.2 Å². The third-order valence-electron chi connectivity index (χ3n) is 3.88. The zero-order chi connectivity index (χ0) is 12.7. The van der Waals surface area contributed by atoms with Gasteiger partial charge in [0.15, 0.2) is 0 Å². The molecular formula is C11H17F3N2O. The third kappa shape index (κ3) is 2.73. The lowest BCUT2D eigenvalue weighted by Gasteiger charge is -2.25. The molecule has 0 bridgehead atoms. The summed E-state index contributed by atoms with van der Waals surface area (Å²) >= 11 is 0. The number of hydrogen-bond donors (Lipinski definition) is 1. The van der Waals surface area contributed by atoms with Crippen LogP contribution in [0, 0.1) is 11.3 Å². The van der Waals surface area contributed by atoms with Gasteiger partial charge in [-0.3, -0.25) is 4.79 Å². The molecule has 98 valence electrons. The summed E-state index contributed by atoms with van der Waals surface area (Å²) in [6.07, 6.45) is -1.73. The molecule has 1 spiro atoms. The molecule has 0 aromatic rings. The van der Waals surface area contributed by atoms with Crippen LogP contribution in [-0.2, 0) is 4.79 Å². The van der Waals surface area contributed by atoms with Crippen LogP contribution in [0.5, 0.6) is 0 Å². The zero-order valence-corrected chi connectivity index (χ0v) is 9.81. The largest absolute Gasteiger partial charge is 0.406 e. The molecule has 0 aromatic heterocycles. The molecule has 2 fully saturated rings. The highest BCUT2D eigenvalue weighted by molar-refractivity contribution is 5.82. The van der Waals surface area contributed by atoms with Crippen molar-refractivity contribution in [3.63, 3.8) is 0 Å². The van der Waals surface area contributed by atoms with E-state index in [1.165, 1.54) is 7.05 Å². The summed E-state index contributed by atoms with van der Waals surface area (Å²) in [5, 5.41) is 3.20. The Morgan fingerprint density at radius 2 is 2.00 bits per heavy atom. The molecule has 3 nitrogen and oxygen atoms in total. The van der Waals surface area contributed by atoms with E-state index in [1.807, 2.05) is 0 Å². The molecule has 1 saturated carbocycles. The van der Waals surface area contributed by atoms with E-state index in [1.54, 1.807) is 0 Å². The molecule has 17 heavy (non-hydrogen) atoms. The van der Waals surface area contributed by atoms with Crippen LogP contribution in [0.1, 0.15) is 19.3 Å². The fourth-order valence-electron chi connectivity index (χ4n) is 2.79. The summed E-state index contributed by atoms with van der Waals surface area (Å²) < 4.78 is 36.5. The second-order valence-corrected chi connectivity index (χ2v) is 5.18. The van der Waals surface area contributed by atoms with Crippen LogP contribution in [0.4, 0.5) is 13.2 Å². The first kappa shape index (κ1) is 12.7. The minimum absolute atomic E-state index is 0.00217. The van der Waals surface area contributed by atoms with Crippen molar-refractivity contribution in [2.24, 2.45) is 11.3 Å². The second-order valence-electron chi connectivity index (χ2n) is 5.18. The average molecular weight is 250 g/mol. The molecule has 1 aliphatic carbocycles. The van der Waals surface area contributed by atoms with Gasteiger partial charge in [0.2, 0.25) is 5.91 Å². The average Bonchev–Trinajstić information content (AvgIpc) is 2.89. The Balaban J connectivity index is 1.89. The Morgan fingerprint density at radius 1 is 1.41 bits per heavy atom. The molecule has 2 aliphatic rings. The van der Waals surface area contributed by atoms with E-state index in [4.69, 9.17) is 0 Å². The topological polar surface area (TPSA) is 32.3 Å². The molecule has 0 aromatic carbocycles. The first-order valence-corrected chi connectivity index (χ1v) is 5.87. The van der Waals surface area contributed by atoms with Crippen LogP contribution in [-0.4, -0.2) is 43.7 Å². The Bertz CT molecular complexity index is 310. The van der Waals surface area contributed by atoms with Crippen molar-refractivity contribution < 1.29 is 18.0 Å². The maximum absolute atomic E-state index is 12.2. The van der Waals surface area contributed by atoms with Crippen molar-refractivity contribution in [3.05, 3.63) is 0 Å². The molecule has 0 unspecified atom stereocenters. The van der Waals surface area contributed by atoms with Crippen molar-refractivity contribution in [1.29, 1.82) is 0 Å². The number of amides is 1. The lowest BCUT2D eigenvalue weighted by atomic mass is 9.91. The quantitative estimate of drug-likeness (QED) is 0.803. The van der Waals surface area contributed by atoms with Crippen molar-refractivity contribution in [2.75, 3.05) is 26.7 Å². The molecule has 6 heteroatoms. The number of alkyl halides is 3. The van der Waals surface area contributed by atoms with Gasteiger partial charge in [-0.15, -0.1) is 0 Å². The number of rotatable bonds is 2. The van der Waals surface area contributed by atoms with Crippen LogP contribution >= 0.6 is 0 Å². The van der Waals surface area contributed by atoms with Crippen LogP contribution in [0.2, 0.25) is 0 Å². The predicted octanol–water partition coefficient (Wildman–Crippen LogP) is 1.40. The lowest BCUT2D eigenvalue weighted by molar-refractivity contribution is -0.159. The predicted molar refractivity (Wildman–Crippen MR) is 56.3 cm³/mol. The van der Waals surface area contributed by atoms with E-state index in [0.29, 0.717) is 0 Å². The van der Waals surface area contributed by atoms with E-state index >= 15 is 0 Å². The van der Waals surface area contributed by atoms with E-state index in [2.05, 4.69) is 5.32 Å². The smallest absolute Gasteiger partial charge is 0.336 e. The SMILES string of the molecule is CN(CC(F)(F)F)C(=O)[C@H]1CC12CCNCC2. The Kier molecular flexibility index (Phi) is 3.10. The van der Waals surface area contributed by atoms with Gasteiger partial charge < -0.3 is 10.2 Å². The Morgan fingerprint density at radius 3 is 2.53 bits per heavy atom. The molecule has 1 amide bonds. The van der Waals surface area contributed by atoms with E-state index in [9.17, 15) is 18.0 Å². The highest BCUT2D eigenvalue weighted by Crippen LogP contribution is 2.59.